The number of alkyl halides is 3. The molecule has 3 heterocycles. The Balaban J connectivity index is 1.58. The molecule has 0 aliphatic carbocycles. The van der Waals surface area contributed by atoms with Crippen molar-refractivity contribution in [3.8, 4) is 11.5 Å². The summed E-state index contributed by atoms with van der Waals surface area (Å²) in [7, 11) is 0. The second-order valence-corrected chi connectivity index (χ2v) is 7.56. The standard InChI is InChI=1S/C20H18ClF3N2O4/c21-14-9-13(20(22,23)24)10-25(19(14)28)11-18(27)26-5-1-2-15(26)12-3-4-16-17(8-12)30-7-6-29-16/h3-4,8-10,15H,1-2,5-7,11H2. The lowest BCUT2D eigenvalue weighted by molar-refractivity contribution is -0.139. The molecule has 4 rings (SSSR count). The van der Waals surface area contributed by atoms with E-state index in [1.807, 2.05) is 12.1 Å². The van der Waals surface area contributed by atoms with Crippen molar-refractivity contribution in [1.29, 1.82) is 0 Å². The highest BCUT2D eigenvalue weighted by molar-refractivity contribution is 6.30. The number of carbonyl (C=O) groups is 1. The fourth-order valence-corrected chi connectivity index (χ4v) is 4.01. The summed E-state index contributed by atoms with van der Waals surface area (Å²) < 4.78 is 51.0. The molecule has 0 N–H and O–H groups in total. The molecule has 1 unspecified atom stereocenters. The van der Waals surface area contributed by atoms with E-state index in [4.69, 9.17) is 21.1 Å². The summed E-state index contributed by atoms with van der Waals surface area (Å²) in [5.41, 5.74) is -1.07. The molecule has 2 aromatic rings. The van der Waals surface area contributed by atoms with E-state index in [9.17, 15) is 22.8 Å². The van der Waals surface area contributed by atoms with E-state index in [2.05, 4.69) is 0 Å². The monoisotopic (exact) mass is 442 g/mol. The lowest BCUT2D eigenvalue weighted by atomic mass is 10.0. The summed E-state index contributed by atoms with van der Waals surface area (Å²) in [6, 6.07) is 5.75. The minimum absolute atomic E-state index is 0.259. The Labute approximate surface area is 174 Å². The number of hydrogen-bond acceptors (Lipinski definition) is 4. The van der Waals surface area contributed by atoms with E-state index in [1.165, 1.54) is 0 Å². The second-order valence-electron chi connectivity index (χ2n) is 7.16. The molecule has 1 fully saturated rings. The summed E-state index contributed by atoms with van der Waals surface area (Å²) in [4.78, 5) is 26.6. The van der Waals surface area contributed by atoms with Gasteiger partial charge in [-0.2, -0.15) is 13.2 Å². The van der Waals surface area contributed by atoms with Gasteiger partial charge in [-0.15, -0.1) is 0 Å². The van der Waals surface area contributed by atoms with Gasteiger partial charge in [-0.1, -0.05) is 17.7 Å². The lowest BCUT2D eigenvalue weighted by Crippen LogP contribution is -2.36. The van der Waals surface area contributed by atoms with E-state index in [-0.39, 0.29) is 6.04 Å². The van der Waals surface area contributed by atoms with Gasteiger partial charge in [0.05, 0.1) is 11.6 Å². The molecule has 0 bridgehead atoms. The van der Waals surface area contributed by atoms with Gasteiger partial charge in [-0.05, 0) is 36.6 Å². The number of aromatic nitrogens is 1. The zero-order valence-electron chi connectivity index (χ0n) is 15.7. The van der Waals surface area contributed by atoms with Crippen LogP contribution in [0.25, 0.3) is 0 Å². The number of benzene rings is 1. The molecule has 30 heavy (non-hydrogen) atoms. The fraction of sp³-hybridized carbons (Fsp3) is 0.400. The van der Waals surface area contributed by atoms with Crippen LogP contribution in [0.2, 0.25) is 5.02 Å². The molecular formula is C20H18ClF3N2O4. The maximum Gasteiger partial charge on any atom is 0.417 e. The van der Waals surface area contributed by atoms with Crippen LogP contribution >= 0.6 is 11.6 Å². The first-order valence-electron chi connectivity index (χ1n) is 9.40. The normalized spacial score (nSPS) is 18.5. The first kappa shape index (κ1) is 20.6. The van der Waals surface area contributed by atoms with Gasteiger partial charge in [0.1, 0.15) is 24.8 Å². The van der Waals surface area contributed by atoms with Crippen LogP contribution in [0.15, 0.2) is 35.3 Å². The van der Waals surface area contributed by atoms with Gasteiger partial charge in [0, 0.05) is 12.7 Å². The molecule has 6 nitrogen and oxygen atoms in total. The fourth-order valence-electron chi connectivity index (χ4n) is 3.79. The smallest absolute Gasteiger partial charge is 0.417 e. The number of hydrogen-bond donors (Lipinski definition) is 0. The maximum absolute atomic E-state index is 13.0. The molecule has 160 valence electrons. The molecule has 0 radical (unpaired) electrons. The third-order valence-electron chi connectivity index (χ3n) is 5.20. The molecule has 1 atom stereocenters. The summed E-state index contributed by atoms with van der Waals surface area (Å²) in [5, 5.41) is -0.581. The summed E-state index contributed by atoms with van der Waals surface area (Å²) in [6.07, 6.45) is -2.61. The van der Waals surface area contributed by atoms with Crippen molar-refractivity contribution in [1.82, 2.24) is 9.47 Å². The van der Waals surface area contributed by atoms with Crippen molar-refractivity contribution in [2.24, 2.45) is 0 Å². The Morgan fingerprint density at radius 3 is 2.63 bits per heavy atom. The average Bonchev–Trinajstić information content (AvgIpc) is 3.20. The Kier molecular flexibility index (Phi) is 5.40. The van der Waals surface area contributed by atoms with Crippen LogP contribution < -0.4 is 15.0 Å². The van der Waals surface area contributed by atoms with Gasteiger partial charge in [0.15, 0.2) is 11.5 Å². The van der Waals surface area contributed by atoms with Crippen molar-refractivity contribution < 1.29 is 27.4 Å². The Hall–Kier alpha value is -2.68. The number of nitrogens with zero attached hydrogens (tertiary/aromatic N) is 2. The maximum atomic E-state index is 13.0. The van der Waals surface area contributed by atoms with Crippen molar-refractivity contribution >= 4 is 17.5 Å². The number of ether oxygens (including phenoxy) is 2. The Morgan fingerprint density at radius 2 is 1.90 bits per heavy atom. The molecule has 2 aliphatic heterocycles. The summed E-state index contributed by atoms with van der Waals surface area (Å²) >= 11 is 5.68. The van der Waals surface area contributed by atoms with Crippen LogP contribution in [0.3, 0.4) is 0 Å². The highest BCUT2D eigenvalue weighted by Crippen LogP contribution is 2.38. The molecule has 0 spiro atoms. The number of carbonyl (C=O) groups excluding carboxylic acids is 1. The first-order chi connectivity index (χ1) is 14.2. The summed E-state index contributed by atoms with van der Waals surface area (Å²) in [5.74, 6) is 0.773. The van der Waals surface area contributed by atoms with Crippen LogP contribution in [0.4, 0.5) is 13.2 Å². The van der Waals surface area contributed by atoms with Crippen molar-refractivity contribution in [3.63, 3.8) is 0 Å². The van der Waals surface area contributed by atoms with Crippen molar-refractivity contribution in [2.45, 2.75) is 31.6 Å². The van der Waals surface area contributed by atoms with E-state index in [0.29, 0.717) is 54.5 Å². The third-order valence-corrected chi connectivity index (χ3v) is 5.47. The highest BCUT2D eigenvalue weighted by atomic mass is 35.5. The highest BCUT2D eigenvalue weighted by Gasteiger charge is 2.34. The van der Waals surface area contributed by atoms with Gasteiger partial charge in [-0.3, -0.25) is 9.59 Å². The first-order valence-corrected chi connectivity index (χ1v) is 9.78. The quantitative estimate of drug-likeness (QED) is 0.728. The zero-order chi connectivity index (χ0) is 21.5. The van der Waals surface area contributed by atoms with Crippen LogP contribution in [-0.4, -0.2) is 35.1 Å². The van der Waals surface area contributed by atoms with Gasteiger partial charge in [-0.25, -0.2) is 0 Å². The molecule has 1 aromatic carbocycles. The van der Waals surface area contributed by atoms with E-state index in [1.54, 1.807) is 11.0 Å². The van der Waals surface area contributed by atoms with E-state index >= 15 is 0 Å². The average molecular weight is 443 g/mol. The van der Waals surface area contributed by atoms with Crippen LogP contribution in [0.1, 0.15) is 30.0 Å². The van der Waals surface area contributed by atoms with Crippen LogP contribution in [0, 0.1) is 0 Å². The Morgan fingerprint density at radius 1 is 1.17 bits per heavy atom. The van der Waals surface area contributed by atoms with Gasteiger partial charge < -0.3 is 18.9 Å². The van der Waals surface area contributed by atoms with Crippen LogP contribution in [0.5, 0.6) is 11.5 Å². The number of rotatable bonds is 3. The van der Waals surface area contributed by atoms with Gasteiger partial charge in [0.25, 0.3) is 5.56 Å². The van der Waals surface area contributed by atoms with Crippen molar-refractivity contribution in [3.05, 3.63) is 57.0 Å². The van der Waals surface area contributed by atoms with E-state index in [0.717, 1.165) is 12.0 Å². The Bertz CT molecular complexity index is 1040. The molecule has 1 aromatic heterocycles. The minimum atomic E-state index is -4.68. The molecule has 0 saturated carbocycles. The summed E-state index contributed by atoms with van der Waals surface area (Å²) in [6.45, 7) is 0.820. The van der Waals surface area contributed by atoms with Crippen LogP contribution in [-0.2, 0) is 17.5 Å². The van der Waals surface area contributed by atoms with Crippen molar-refractivity contribution in [2.75, 3.05) is 19.8 Å². The van der Waals surface area contributed by atoms with Gasteiger partial charge in [0.2, 0.25) is 5.91 Å². The van der Waals surface area contributed by atoms with E-state index < -0.39 is 34.8 Å². The largest absolute Gasteiger partial charge is 0.486 e. The number of likely N-dealkylation sites (tertiary alicyclic amines) is 1. The SMILES string of the molecule is O=C(Cn1cc(C(F)(F)F)cc(Cl)c1=O)N1CCCC1c1ccc2c(c1)OCCO2. The van der Waals surface area contributed by atoms with Gasteiger partial charge >= 0.3 is 6.18 Å². The third kappa shape index (κ3) is 3.98. The lowest BCUT2D eigenvalue weighted by Gasteiger charge is -2.27. The molecule has 2 aliphatic rings. The predicted molar refractivity (Wildman–Crippen MR) is 102 cm³/mol. The second kappa shape index (κ2) is 7.86. The number of pyridine rings is 1. The predicted octanol–water partition coefficient (Wildman–Crippen LogP) is 3.66. The number of amides is 1. The molecule has 1 amide bonds. The molecule has 1 saturated heterocycles. The zero-order valence-corrected chi connectivity index (χ0v) is 16.5. The molecular weight excluding hydrogens is 425 g/mol. The molecule has 10 heteroatoms. The topological polar surface area (TPSA) is 60.8 Å². The minimum Gasteiger partial charge on any atom is -0.486 e. The number of halogens is 4. The number of fused-ring (bicyclic) bond motifs is 1.